The highest BCUT2D eigenvalue weighted by Crippen LogP contribution is 2.16. The fraction of sp³-hybridized carbons (Fsp3) is 0.333. The van der Waals surface area contributed by atoms with Crippen molar-refractivity contribution in [2.45, 2.75) is 26.3 Å². The van der Waals surface area contributed by atoms with E-state index >= 15 is 0 Å². The van der Waals surface area contributed by atoms with Gasteiger partial charge < -0.3 is 15.6 Å². The zero-order valence-electron chi connectivity index (χ0n) is 11.6. The van der Waals surface area contributed by atoms with Gasteiger partial charge in [-0.1, -0.05) is 24.3 Å². The summed E-state index contributed by atoms with van der Waals surface area (Å²) < 4.78 is 4.94. The average Bonchev–Trinajstić information content (AvgIpc) is 2.40. The molecule has 0 saturated carbocycles. The maximum absolute atomic E-state index is 11.9. The summed E-state index contributed by atoms with van der Waals surface area (Å²) in [6.45, 7) is 3.83. The van der Waals surface area contributed by atoms with Gasteiger partial charge in [0.1, 0.15) is 6.04 Å². The second-order valence-electron chi connectivity index (χ2n) is 4.40. The Bertz CT molecular complexity index is 522. The lowest BCUT2D eigenvalue weighted by molar-refractivity contribution is -0.139. The van der Waals surface area contributed by atoms with Crippen LogP contribution in [-0.4, -0.2) is 29.7 Å². The fourth-order valence-electron chi connectivity index (χ4n) is 1.69. The first kappa shape index (κ1) is 15.9. The molecule has 0 saturated heterocycles. The molecule has 0 aliphatic rings. The number of carbonyl (C=O) groups is 2. The molecule has 1 atom stereocenters. The molecular formula is C15H19NO4. The van der Waals surface area contributed by atoms with Gasteiger partial charge >= 0.3 is 11.9 Å². The molecule has 0 aromatic heterocycles. The maximum atomic E-state index is 11.9. The Morgan fingerprint density at radius 3 is 2.60 bits per heavy atom. The Balaban J connectivity index is 3.07. The lowest BCUT2D eigenvalue weighted by Gasteiger charge is -2.11. The van der Waals surface area contributed by atoms with E-state index in [4.69, 9.17) is 15.6 Å². The van der Waals surface area contributed by atoms with Crippen LogP contribution in [0.3, 0.4) is 0 Å². The Morgan fingerprint density at radius 1 is 1.40 bits per heavy atom. The van der Waals surface area contributed by atoms with Crippen LogP contribution in [0.1, 0.15) is 24.5 Å². The number of ether oxygens (including phenoxy) is 1. The van der Waals surface area contributed by atoms with Crippen molar-refractivity contribution >= 4 is 18.0 Å². The van der Waals surface area contributed by atoms with Crippen LogP contribution < -0.4 is 5.73 Å². The van der Waals surface area contributed by atoms with Crippen LogP contribution in [0.15, 0.2) is 29.8 Å². The molecule has 1 aromatic rings. The van der Waals surface area contributed by atoms with Crippen molar-refractivity contribution in [1.29, 1.82) is 0 Å². The lowest BCUT2D eigenvalue weighted by Crippen LogP contribution is -2.31. The van der Waals surface area contributed by atoms with Crippen molar-refractivity contribution in [2.75, 3.05) is 6.61 Å². The molecule has 0 aliphatic carbocycles. The van der Waals surface area contributed by atoms with E-state index in [1.54, 1.807) is 13.0 Å². The molecular weight excluding hydrogens is 258 g/mol. The summed E-state index contributed by atoms with van der Waals surface area (Å²) in [7, 11) is 0. The second-order valence-corrected chi connectivity index (χ2v) is 4.40. The van der Waals surface area contributed by atoms with E-state index in [0.717, 1.165) is 11.1 Å². The van der Waals surface area contributed by atoms with Gasteiger partial charge in [0, 0.05) is 12.0 Å². The molecule has 0 heterocycles. The molecule has 108 valence electrons. The minimum Gasteiger partial charge on any atom is -0.480 e. The Kier molecular flexibility index (Phi) is 5.93. The molecule has 0 fully saturated rings. The first-order valence-electron chi connectivity index (χ1n) is 6.37. The predicted octanol–water partition coefficient (Wildman–Crippen LogP) is 1.74. The monoisotopic (exact) mass is 277 g/mol. The van der Waals surface area contributed by atoms with Gasteiger partial charge in [0.15, 0.2) is 0 Å². The van der Waals surface area contributed by atoms with Gasteiger partial charge in [-0.3, -0.25) is 4.79 Å². The van der Waals surface area contributed by atoms with E-state index in [-0.39, 0.29) is 18.6 Å². The van der Waals surface area contributed by atoms with E-state index in [1.165, 1.54) is 0 Å². The van der Waals surface area contributed by atoms with E-state index < -0.39 is 18.0 Å². The highest BCUT2D eigenvalue weighted by molar-refractivity contribution is 5.95. The molecule has 0 aliphatic heterocycles. The molecule has 0 radical (unpaired) electrons. The molecule has 3 N–H and O–H groups in total. The van der Waals surface area contributed by atoms with Crippen molar-refractivity contribution in [2.24, 2.45) is 5.73 Å². The van der Waals surface area contributed by atoms with Crippen LogP contribution in [0.25, 0.3) is 6.08 Å². The highest BCUT2D eigenvalue weighted by atomic mass is 16.5. The van der Waals surface area contributed by atoms with Crippen molar-refractivity contribution in [3.63, 3.8) is 0 Å². The number of benzene rings is 1. The number of hydrogen-bond acceptors (Lipinski definition) is 4. The molecule has 1 aromatic carbocycles. The summed E-state index contributed by atoms with van der Waals surface area (Å²) in [5.74, 6) is -1.68. The van der Waals surface area contributed by atoms with Gasteiger partial charge in [-0.2, -0.15) is 0 Å². The quantitative estimate of drug-likeness (QED) is 0.610. The zero-order chi connectivity index (χ0) is 15.1. The maximum Gasteiger partial charge on any atom is 0.334 e. The average molecular weight is 277 g/mol. The number of esters is 1. The highest BCUT2D eigenvalue weighted by Gasteiger charge is 2.19. The molecule has 1 rings (SSSR count). The molecule has 20 heavy (non-hydrogen) atoms. The summed E-state index contributed by atoms with van der Waals surface area (Å²) in [6.07, 6.45) is 1.57. The van der Waals surface area contributed by atoms with E-state index in [1.807, 2.05) is 31.2 Å². The lowest BCUT2D eigenvalue weighted by atomic mass is 10.0. The van der Waals surface area contributed by atoms with Crippen LogP contribution >= 0.6 is 0 Å². The van der Waals surface area contributed by atoms with Gasteiger partial charge in [0.05, 0.1) is 6.61 Å². The van der Waals surface area contributed by atoms with Crippen LogP contribution in [-0.2, 0) is 14.3 Å². The minimum atomic E-state index is -1.15. The number of rotatable bonds is 6. The largest absolute Gasteiger partial charge is 0.480 e. The predicted molar refractivity (Wildman–Crippen MR) is 76.0 cm³/mol. The Hall–Kier alpha value is -2.14. The fourth-order valence-corrected chi connectivity index (χ4v) is 1.69. The van der Waals surface area contributed by atoms with Crippen LogP contribution in [0, 0.1) is 6.92 Å². The van der Waals surface area contributed by atoms with Crippen LogP contribution in [0.4, 0.5) is 0 Å². The Morgan fingerprint density at radius 2 is 2.05 bits per heavy atom. The standard InChI is InChI=1S/C15H19NO4/c1-3-20-15(19)12(9-13(16)14(17)18)8-11-7-5-4-6-10(11)2/h4-8,13H,3,9,16H2,1-2H3,(H,17,18)/b12-8+/t13-/m1/s1. The molecule has 0 bridgehead atoms. The van der Waals surface area contributed by atoms with E-state index in [9.17, 15) is 9.59 Å². The number of carboxylic acids is 1. The number of nitrogens with two attached hydrogens (primary N) is 1. The van der Waals surface area contributed by atoms with Crippen molar-refractivity contribution < 1.29 is 19.4 Å². The molecule has 0 amide bonds. The van der Waals surface area contributed by atoms with E-state index in [0.29, 0.717) is 0 Å². The summed E-state index contributed by atoms with van der Waals surface area (Å²) >= 11 is 0. The summed E-state index contributed by atoms with van der Waals surface area (Å²) in [4.78, 5) is 22.7. The topological polar surface area (TPSA) is 89.6 Å². The summed E-state index contributed by atoms with van der Waals surface area (Å²) in [6, 6.07) is 6.36. The van der Waals surface area contributed by atoms with Gasteiger partial charge in [-0.15, -0.1) is 0 Å². The number of aliphatic carboxylic acids is 1. The minimum absolute atomic E-state index is 0.0670. The third-order valence-electron chi connectivity index (χ3n) is 2.81. The molecule has 0 spiro atoms. The third-order valence-corrected chi connectivity index (χ3v) is 2.81. The Labute approximate surface area is 118 Å². The van der Waals surface area contributed by atoms with Crippen molar-refractivity contribution in [3.8, 4) is 0 Å². The first-order chi connectivity index (χ1) is 9.45. The summed E-state index contributed by atoms with van der Waals surface area (Å²) in [5.41, 5.74) is 7.58. The number of carboxylic acid groups (broad SMARTS) is 1. The van der Waals surface area contributed by atoms with Gasteiger partial charge in [0.2, 0.25) is 0 Å². The van der Waals surface area contributed by atoms with Gasteiger partial charge in [0.25, 0.3) is 0 Å². The van der Waals surface area contributed by atoms with E-state index in [2.05, 4.69) is 0 Å². The zero-order valence-corrected chi connectivity index (χ0v) is 11.6. The third kappa shape index (κ3) is 4.51. The van der Waals surface area contributed by atoms with Gasteiger partial charge in [-0.05, 0) is 31.1 Å². The molecule has 5 nitrogen and oxygen atoms in total. The molecule has 0 unspecified atom stereocenters. The SMILES string of the molecule is CCOC(=O)/C(=C/c1ccccc1C)C[C@@H](N)C(=O)O. The van der Waals surface area contributed by atoms with Crippen LogP contribution in [0.5, 0.6) is 0 Å². The number of hydrogen-bond donors (Lipinski definition) is 2. The number of aryl methyl sites for hydroxylation is 1. The summed E-state index contributed by atoms with van der Waals surface area (Å²) in [5, 5.41) is 8.86. The smallest absolute Gasteiger partial charge is 0.334 e. The van der Waals surface area contributed by atoms with Gasteiger partial charge in [-0.25, -0.2) is 4.79 Å². The van der Waals surface area contributed by atoms with Crippen molar-refractivity contribution in [3.05, 3.63) is 41.0 Å². The first-order valence-corrected chi connectivity index (χ1v) is 6.37. The normalized spacial score (nSPS) is 12.8. The van der Waals surface area contributed by atoms with Crippen LogP contribution in [0.2, 0.25) is 0 Å². The number of carbonyl (C=O) groups excluding carboxylic acids is 1. The van der Waals surface area contributed by atoms with Crippen molar-refractivity contribution in [1.82, 2.24) is 0 Å². The molecule has 5 heteroatoms. The second kappa shape index (κ2) is 7.45.